The molecule has 2 aromatic rings. The quantitative estimate of drug-likeness (QED) is 0.446. The Morgan fingerprint density at radius 2 is 1.79 bits per heavy atom. The third-order valence-corrected chi connectivity index (χ3v) is 6.41. The van der Waals surface area contributed by atoms with E-state index in [0.29, 0.717) is 18.1 Å². The van der Waals surface area contributed by atoms with E-state index in [0.717, 1.165) is 69.5 Å². The molecule has 1 saturated heterocycles. The number of nitrogen functional groups attached to an aromatic ring is 1. The molecule has 3 heterocycles. The van der Waals surface area contributed by atoms with Crippen LogP contribution in [-0.2, 0) is 17.9 Å². The number of likely N-dealkylation sites (N-methyl/N-ethyl adjacent to an activating group) is 1. The number of nitrogens with two attached hydrogens (primary N) is 1. The van der Waals surface area contributed by atoms with Crippen molar-refractivity contribution in [1.29, 1.82) is 0 Å². The Morgan fingerprint density at radius 3 is 2.45 bits per heavy atom. The molecular weight excluding hydrogens is 414 g/mol. The lowest BCUT2D eigenvalue weighted by Gasteiger charge is -2.33. The third kappa shape index (κ3) is 5.69. The summed E-state index contributed by atoms with van der Waals surface area (Å²) in [7, 11) is 2.18. The lowest BCUT2D eigenvalue weighted by atomic mass is 10.0. The zero-order chi connectivity index (χ0) is 23.2. The number of fused-ring (bicyclic) bond motifs is 1. The molecule has 1 aromatic carbocycles. The zero-order valence-corrected chi connectivity index (χ0v) is 19.7. The maximum atomic E-state index is 12.2. The lowest BCUT2D eigenvalue weighted by molar-refractivity contribution is -0.112. The third-order valence-electron chi connectivity index (χ3n) is 6.41. The minimum Gasteiger partial charge on any atom is -0.370 e. The molecule has 0 saturated carbocycles. The molecule has 1 atom stereocenters. The van der Waals surface area contributed by atoms with Crippen LogP contribution >= 0.6 is 0 Å². The smallest absolute Gasteiger partial charge is 0.222 e. The summed E-state index contributed by atoms with van der Waals surface area (Å²) in [4.78, 5) is 27.9. The average molecular weight is 450 g/mol. The molecule has 0 amide bonds. The van der Waals surface area contributed by atoms with Gasteiger partial charge in [0.1, 0.15) is 18.1 Å². The zero-order valence-electron chi connectivity index (χ0n) is 19.7. The molecule has 1 fully saturated rings. The van der Waals surface area contributed by atoms with Crippen molar-refractivity contribution in [2.75, 3.05) is 50.8 Å². The second-order valence-electron chi connectivity index (χ2n) is 8.97. The van der Waals surface area contributed by atoms with E-state index in [4.69, 9.17) is 5.73 Å². The van der Waals surface area contributed by atoms with Crippen LogP contribution in [0.25, 0.3) is 6.08 Å². The Labute approximate surface area is 196 Å². The van der Waals surface area contributed by atoms with Gasteiger partial charge in [-0.3, -0.25) is 4.90 Å². The number of carbonyl (C=O) groups excluding carboxylic acids is 1. The lowest BCUT2D eigenvalue weighted by Crippen LogP contribution is -2.43. The fraction of sp³-hybridized carbons (Fsp3) is 0.480. The van der Waals surface area contributed by atoms with Gasteiger partial charge in [0.15, 0.2) is 0 Å². The van der Waals surface area contributed by atoms with Gasteiger partial charge in [-0.15, -0.1) is 0 Å². The molecule has 0 aliphatic carbocycles. The van der Waals surface area contributed by atoms with Crippen LogP contribution in [0, 0.1) is 0 Å². The number of unbranched alkanes of at least 4 members (excludes halogenated alkanes) is 1. The number of aromatic nitrogens is 2. The molecule has 8 heteroatoms. The van der Waals surface area contributed by atoms with Crippen molar-refractivity contribution < 1.29 is 4.79 Å². The second kappa shape index (κ2) is 10.8. The van der Waals surface area contributed by atoms with Crippen molar-refractivity contribution >= 4 is 24.1 Å². The van der Waals surface area contributed by atoms with Crippen molar-refractivity contribution in [2.24, 2.45) is 0 Å². The van der Waals surface area contributed by atoms with Crippen LogP contribution in [0.4, 0.5) is 11.8 Å². The van der Waals surface area contributed by atoms with Gasteiger partial charge in [-0.05, 0) is 30.7 Å². The molecule has 8 nitrogen and oxygen atoms in total. The van der Waals surface area contributed by atoms with Crippen LogP contribution in [0.15, 0.2) is 30.5 Å². The van der Waals surface area contributed by atoms with E-state index in [9.17, 15) is 4.79 Å². The van der Waals surface area contributed by atoms with Gasteiger partial charge in [0.25, 0.3) is 0 Å². The number of piperazine rings is 1. The Balaban J connectivity index is 1.46. The van der Waals surface area contributed by atoms with Crippen molar-refractivity contribution in [2.45, 2.75) is 38.9 Å². The highest BCUT2D eigenvalue weighted by Gasteiger charge is 2.28. The Morgan fingerprint density at radius 1 is 1.09 bits per heavy atom. The van der Waals surface area contributed by atoms with Gasteiger partial charge >= 0.3 is 0 Å². The molecule has 176 valence electrons. The van der Waals surface area contributed by atoms with Crippen molar-refractivity contribution in [3.8, 4) is 0 Å². The van der Waals surface area contributed by atoms with Gasteiger partial charge in [-0.25, -0.2) is 4.98 Å². The van der Waals surface area contributed by atoms with Gasteiger partial charge in [-0.2, -0.15) is 4.98 Å². The van der Waals surface area contributed by atoms with Crippen molar-refractivity contribution in [3.63, 3.8) is 0 Å². The highest BCUT2D eigenvalue weighted by Crippen LogP contribution is 2.34. The van der Waals surface area contributed by atoms with Crippen LogP contribution < -0.4 is 11.1 Å². The molecule has 1 aromatic heterocycles. The van der Waals surface area contributed by atoms with E-state index in [2.05, 4.69) is 63.3 Å². The molecule has 0 bridgehead atoms. The number of nitrogens with one attached hydrogen (secondary N) is 1. The van der Waals surface area contributed by atoms with E-state index >= 15 is 0 Å². The first-order chi connectivity index (χ1) is 16.1. The summed E-state index contributed by atoms with van der Waals surface area (Å²) >= 11 is 0. The van der Waals surface area contributed by atoms with Crippen LogP contribution in [0.1, 0.15) is 48.2 Å². The molecule has 3 N–H and O–H groups in total. The summed E-state index contributed by atoms with van der Waals surface area (Å²) in [5, 5.41) is 3.35. The number of nitrogens with zero attached hydrogens (tertiary/aromatic N) is 5. The van der Waals surface area contributed by atoms with Crippen LogP contribution in [-0.4, -0.2) is 70.7 Å². The largest absolute Gasteiger partial charge is 0.370 e. The molecule has 0 radical (unpaired) electrons. The number of hydrogen-bond donors (Lipinski definition) is 2. The summed E-state index contributed by atoms with van der Waals surface area (Å²) < 4.78 is 0. The summed E-state index contributed by atoms with van der Waals surface area (Å²) in [6.45, 7) is 9.00. The molecular formula is C25H35N7O. The molecule has 1 unspecified atom stereocenters. The van der Waals surface area contributed by atoms with Crippen LogP contribution in [0.5, 0.6) is 0 Å². The Hall–Kier alpha value is -2.97. The maximum absolute atomic E-state index is 12.2. The number of benzene rings is 1. The summed E-state index contributed by atoms with van der Waals surface area (Å²) in [6.07, 6.45) is 6.91. The number of carbonyl (C=O) groups is 1. The normalized spacial score (nSPS) is 18.8. The minimum atomic E-state index is -0.459. The van der Waals surface area contributed by atoms with Crippen LogP contribution in [0.2, 0.25) is 0 Å². The number of rotatable bonds is 9. The summed E-state index contributed by atoms with van der Waals surface area (Å²) in [6, 6.07) is 8.27. The van der Waals surface area contributed by atoms with E-state index in [1.54, 1.807) is 0 Å². The number of anilines is 2. The summed E-state index contributed by atoms with van der Waals surface area (Å²) in [5.74, 6) is 0.867. The first-order valence-electron chi connectivity index (χ1n) is 11.9. The topological polar surface area (TPSA) is 90.6 Å². The van der Waals surface area contributed by atoms with Gasteiger partial charge < -0.3 is 25.6 Å². The molecule has 33 heavy (non-hydrogen) atoms. The maximum Gasteiger partial charge on any atom is 0.222 e. The first kappa shape index (κ1) is 23.2. The van der Waals surface area contributed by atoms with E-state index in [1.165, 1.54) is 5.56 Å². The number of aldehydes is 1. The number of hydrogen-bond acceptors (Lipinski definition) is 8. The molecule has 2 aliphatic heterocycles. The first-order valence-corrected chi connectivity index (χ1v) is 11.9. The predicted octanol–water partition coefficient (Wildman–Crippen LogP) is 2.74. The van der Waals surface area contributed by atoms with Crippen molar-refractivity contribution in [3.05, 3.63) is 52.8 Å². The van der Waals surface area contributed by atoms with E-state index in [1.807, 2.05) is 17.2 Å². The SMILES string of the molecule is CCCCNc1nc(N)nc2c1C(C=O)N(Cc1ccc(CN3CCN(C)CC3)cc1)C=C2. The molecule has 0 spiro atoms. The van der Waals surface area contributed by atoms with E-state index < -0.39 is 6.04 Å². The van der Waals surface area contributed by atoms with Gasteiger partial charge in [0.2, 0.25) is 5.95 Å². The average Bonchev–Trinajstić information content (AvgIpc) is 2.82. The highest BCUT2D eigenvalue weighted by atomic mass is 16.1. The van der Waals surface area contributed by atoms with Crippen molar-refractivity contribution in [1.82, 2.24) is 24.7 Å². The standard InChI is InChI=1S/C25H35N7O/c1-3-4-10-27-24-23-21(28-25(26)29-24)9-11-32(22(23)18-33)17-20-7-5-19(6-8-20)16-31-14-12-30(2)13-15-31/h5-9,11,18,22H,3-4,10,12-17H2,1-2H3,(H3,26,27,28,29). The van der Waals surface area contributed by atoms with Gasteiger partial charge in [0, 0.05) is 52.0 Å². The molecule has 2 aliphatic rings. The Kier molecular flexibility index (Phi) is 7.57. The minimum absolute atomic E-state index is 0.214. The second-order valence-corrected chi connectivity index (χ2v) is 8.97. The summed E-state index contributed by atoms with van der Waals surface area (Å²) in [5.41, 5.74) is 9.90. The van der Waals surface area contributed by atoms with Gasteiger partial charge in [0.05, 0.1) is 11.3 Å². The van der Waals surface area contributed by atoms with Crippen LogP contribution in [0.3, 0.4) is 0 Å². The fourth-order valence-corrected chi connectivity index (χ4v) is 4.39. The fourth-order valence-electron chi connectivity index (χ4n) is 4.39. The highest BCUT2D eigenvalue weighted by molar-refractivity contribution is 5.74. The van der Waals surface area contributed by atoms with E-state index in [-0.39, 0.29) is 5.95 Å². The molecule has 4 rings (SSSR count). The van der Waals surface area contributed by atoms with Gasteiger partial charge in [-0.1, -0.05) is 37.6 Å². The Bertz CT molecular complexity index is 967. The monoisotopic (exact) mass is 449 g/mol. The predicted molar refractivity (Wildman–Crippen MR) is 132 cm³/mol.